The van der Waals surface area contributed by atoms with Crippen molar-refractivity contribution in [1.29, 1.82) is 0 Å². The average Bonchev–Trinajstić information content (AvgIpc) is 2.86. The Morgan fingerprint density at radius 3 is 2.60 bits per heavy atom. The van der Waals surface area contributed by atoms with Gasteiger partial charge in [-0.1, -0.05) is 18.2 Å². The number of benzene rings is 1. The van der Waals surface area contributed by atoms with Crippen LogP contribution in [0.1, 0.15) is 26.5 Å². The monoisotopic (exact) mass is 266 g/mol. The first kappa shape index (κ1) is 12.8. The Labute approximate surface area is 118 Å². The van der Waals surface area contributed by atoms with Gasteiger partial charge in [-0.2, -0.15) is 0 Å². The van der Waals surface area contributed by atoms with E-state index in [1.165, 1.54) is 0 Å². The first-order valence-corrected chi connectivity index (χ1v) is 6.74. The third kappa shape index (κ3) is 2.07. The van der Waals surface area contributed by atoms with Crippen LogP contribution in [0.15, 0.2) is 36.7 Å². The topological polar surface area (TPSA) is 43.6 Å². The van der Waals surface area contributed by atoms with Crippen LogP contribution >= 0.6 is 0 Å². The maximum absolute atomic E-state index is 4.58. The van der Waals surface area contributed by atoms with Gasteiger partial charge in [0.2, 0.25) is 0 Å². The van der Waals surface area contributed by atoms with E-state index in [1.54, 1.807) is 6.33 Å². The van der Waals surface area contributed by atoms with Crippen molar-refractivity contribution < 1.29 is 0 Å². The summed E-state index contributed by atoms with van der Waals surface area (Å²) in [5, 5.41) is 9.53. The fourth-order valence-electron chi connectivity index (χ4n) is 2.40. The molecular weight excluding hydrogens is 248 g/mol. The van der Waals surface area contributed by atoms with Crippen molar-refractivity contribution in [2.75, 3.05) is 0 Å². The highest BCUT2D eigenvalue weighted by atomic mass is 15.3. The van der Waals surface area contributed by atoms with Crippen LogP contribution in [0.4, 0.5) is 0 Å². The van der Waals surface area contributed by atoms with Gasteiger partial charge in [-0.25, -0.2) is 0 Å². The molecule has 0 spiro atoms. The van der Waals surface area contributed by atoms with Crippen molar-refractivity contribution in [3.63, 3.8) is 0 Å². The van der Waals surface area contributed by atoms with Gasteiger partial charge in [-0.15, -0.1) is 10.2 Å². The van der Waals surface area contributed by atoms with Gasteiger partial charge in [0.25, 0.3) is 0 Å². The highest BCUT2D eigenvalue weighted by Gasteiger charge is 2.20. The lowest BCUT2D eigenvalue weighted by Crippen LogP contribution is -2.22. The van der Waals surface area contributed by atoms with Crippen LogP contribution in [0, 0.1) is 6.92 Å². The zero-order valence-corrected chi connectivity index (χ0v) is 12.3. The van der Waals surface area contributed by atoms with E-state index in [1.807, 2.05) is 25.1 Å². The third-order valence-corrected chi connectivity index (χ3v) is 3.36. The number of aryl methyl sites for hydroxylation is 1. The van der Waals surface area contributed by atoms with Crippen LogP contribution in [-0.2, 0) is 5.54 Å². The van der Waals surface area contributed by atoms with Gasteiger partial charge in [0.05, 0.1) is 5.52 Å². The Kier molecular flexibility index (Phi) is 2.82. The fraction of sp³-hybridized carbons (Fsp3) is 0.312. The zero-order chi connectivity index (χ0) is 14.3. The minimum Gasteiger partial charge on any atom is -0.308 e. The summed E-state index contributed by atoms with van der Waals surface area (Å²) in [6.45, 7) is 8.45. The number of hydrogen-bond donors (Lipinski definition) is 0. The number of hydrogen-bond acceptors (Lipinski definition) is 3. The Bertz CT molecular complexity index is 765. The van der Waals surface area contributed by atoms with Crippen LogP contribution in [0.25, 0.3) is 22.3 Å². The molecule has 4 nitrogen and oxygen atoms in total. The van der Waals surface area contributed by atoms with Crippen molar-refractivity contribution in [2.24, 2.45) is 0 Å². The molecule has 0 amide bonds. The van der Waals surface area contributed by atoms with Gasteiger partial charge < -0.3 is 4.57 Å². The van der Waals surface area contributed by atoms with E-state index in [0.717, 1.165) is 28.0 Å². The van der Waals surface area contributed by atoms with Gasteiger partial charge in [-0.05, 0) is 39.8 Å². The molecule has 2 heterocycles. The minimum atomic E-state index is -0.0584. The molecule has 0 radical (unpaired) electrons. The molecule has 0 saturated heterocycles. The summed E-state index contributed by atoms with van der Waals surface area (Å²) < 4.78 is 2.11. The summed E-state index contributed by atoms with van der Waals surface area (Å²) in [6.07, 6.45) is 1.79. The molecule has 0 saturated carbocycles. The third-order valence-electron chi connectivity index (χ3n) is 3.36. The molecule has 4 heteroatoms. The Morgan fingerprint density at radius 2 is 1.85 bits per heavy atom. The molecule has 0 aliphatic heterocycles. The number of aromatic nitrogens is 4. The molecular formula is C16H18N4. The predicted octanol–water partition coefficient (Wildman–Crippen LogP) is 3.56. The van der Waals surface area contributed by atoms with E-state index in [0.29, 0.717) is 0 Å². The van der Waals surface area contributed by atoms with Crippen molar-refractivity contribution in [3.8, 4) is 11.4 Å². The van der Waals surface area contributed by atoms with Crippen LogP contribution in [0.2, 0.25) is 0 Å². The van der Waals surface area contributed by atoms with Crippen molar-refractivity contribution in [2.45, 2.75) is 33.2 Å². The Hall–Kier alpha value is -2.23. The van der Waals surface area contributed by atoms with E-state index in [9.17, 15) is 0 Å². The number of pyridine rings is 1. The molecule has 0 fully saturated rings. The van der Waals surface area contributed by atoms with Gasteiger partial charge in [-0.3, -0.25) is 4.98 Å². The fourth-order valence-corrected chi connectivity index (χ4v) is 2.40. The average molecular weight is 266 g/mol. The molecule has 0 unspecified atom stereocenters. The molecule has 0 aliphatic rings. The SMILES string of the molecule is Cc1cc(-c2nncn2C(C)(C)C)c2ccccc2n1. The predicted molar refractivity (Wildman–Crippen MR) is 80.5 cm³/mol. The lowest BCUT2D eigenvalue weighted by molar-refractivity contribution is 0.400. The van der Waals surface area contributed by atoms with E-state index < -0.39 is 0 Å². The summed E-state index contributed by atoms with van der Waals surface area (Å²) in [5.74, 6) is 0.888. The highest BCUT2D eigenvalue weighted by Crippen LogP contribution is 2.29. The molecule has 2 aromatic heterocycles. The van der Waals surface area contributed by atoms with Crippen LogP contribution in [-0.4, -0.2) is 19.7 Å². The standard InChI is InChI=1S/C16H18N4/c1-11-9-13(12-7-5-6-8-14(12)18-11)15-19-17-10-20(15)16(2,3)4/h5-10H,1-4H3. The minimum absolute atomic E-state index is 0.0584. The number of rotatable bonds is 1. The van der Waals surface area contributed by atoms with E-state index in [2.05, 4.69) is 52.7 Å². The first-order valence-electron chi connectivity index (χ1n) is 6.74. The molecule has 0 N–H and O–H groups in total. The lowest BCUT2D eigenvalue weighted by atomic mass is 10.0. The van der Waals surface area contributed by atoms with Gasteiger partial charge in [0.15, 0.2) is 5.82 Å². The molecule has 0 bridgehead atoms. The highest BCUT2D eigenvalue weighted by molar-refractivity contribution is 5.92. The van der Waals surface area contributed by atoms with Gasteiger partial charge >= 0.3 is 0 Å². The zero-order valence-electron chi connectivity index (χ0n) is 12.3. The Balaban J connectivity index is 2.33. The van der Waals surface area contributed by atoms with Crippen LogP contribution < -0.4 is 0 Å². The maximum Gasteiger partial charge on any atom is 0.164 e. The second-order valence-electron chi connectivity index (χ2n) is 6.02. The second-order valence-corrected chi connectivity index (χ2v) is 6.02. The maximum atomic E-state index is 4.58. The van der Waals surface area contributed by atoms with E-state index >= 15 is 0 Å². The molecule has 3 aromatic rings. The molecule has 0 aliphatic carbocycles. The van der Waals surface area contributed by atoms with Gasteiger partial charge in [0, 0.05) is 22.2 Å². The molecule has 3 rings (SSSR count). The van der Waals surface area contributed by atoms with Crippen LogP contribution in [0.5, 0.6) is 0 Å². The summed E-state index contributed by atoms with van der Waals surface area (Å²) in [5.41, 5.74) is 3.01. The first-order chi connectivity index (χ1) is 9.47. The number of para-hydroxylation sites is 1. The molecule has 0 atom stereocenters. The largest absolute Gasteiger partial charge is 0.308 e. The van der Waals surface area contributed by atoms with Crippen molar-refractivity contribution in [1.82, 2.24) is 19.7 Å². The molecule has 1 aromatic carbocycles. The quantitative estimate of drug-likeness (QED) is 0.676. The van der Waals surface area contributed by atoms with E-state index in [-0.39, 0.29) is 5.54 Å². The van der Waals surface area contributed by atoms with E-state index in [4.69, 9.17) is 0 Å². The number of nitrogens with zero attached hydrogens (tertiary/aromatic N) is 4. The molecule has 102 valence electrons. The Morgan fingerprint density at radius 1 is 1.10 bits per heavy atom. The smallest absolute Gasteiger partial charge is 0.164 e. The number of fused-ring (bicyclic) bond motifs is 1. The summed E-state index contributed by atoms with van der Waals surface area (Å²) in [6, 6.07) is 10.2. The van der Waals surface area contributed by atoms with Crippen molar-refractivity contribution in [3.05, 3.63) is 42.4 Å². The lowest BCUT2D eigenvalue weighted by Gasteiger charge is -2.22. The van der Waals surface area contributed by atoms with Crippen molar-refractivity contribution >= 4 is 10.9 Å². The summed E-state index contributed by atoms with van der Waals surface area (Å²) >= 11 is 0. The van der Waals surface area contributed by atoms with Crippen LogP contribution in [0.3, 0.4) is 0 Å². The normalized spacial score (nSPS) is 12.0. The van der Waals surface area contributed by atoms with Gasteiger partial charge in [0.1, 0.15) is 6.33 Å². The summed E-state index contributed by atoms with van der Waals surface area (Å²) in [7, 11) is 0. The molecule has 20 heavy (non-hydrogen) atoms. The summed E-state index contributed by atoms with van der Waals surface area (Å²) in [4.78, 5) is 4.58. The second kappa shape index (κ2) is 4.40.